The molecule has 0 unspecified atom stereocenters. The van der Waals surface area contributed by atoms with E-state index in [0.29, 0.717) is 12.1 Å². The number of hydrogen-bond donors (Lipinski definition) is 0. The van der Waals surface area contributed by atoms with Gasteiger partial charge in [-0.3, -0.25) is 4.79 Å². The van der Waals surface area contributed by atoms with Crippen molar-refractivity contribution in [3.05, 3.63) is 70.3 Å². The molecule has 0 aliphatic heterocycles. The van der Waals surface area contributed by atoms with Crippen molar-refractivity contribution in [2.24, 2.45) is 0 Å². The van der Waals surface area contributed by atoms with Gasteiger partial charge in [0, 0.05) is 19.2 Å². The molecule has 5 nitrogen and oxygen atoms in total. The Morgan fingerprint density at radius 3 is 2.65 bits per heavy atom. The van der Waals surface area contributed by atoms with Crippen LogP contribution in [0.4, 0.5) is 4.39 Å². The van der Waals surface area contributed by atoms with Gasteiger partial charge in [0.15, 0.2) is 0 Å². The van der Waals surface area contributed by atoms with Gasteiger partial charge in [0.25, 0.3) is 5.91 Å². The molecule has 0 N–H and O–H groups in total. The quantitative estimate of drug-likeness (QED) is 0.610. The summed E-state index contributed by atoms with van der Waals surface area (Å²) >= 11 is 3.43. The third kappa shape index (κ3) is 3.94. The molecule has 0 saturated heterocycles. The third-order valence-electron chi connectivity index (χ3n) is 3.79. The van der Waals surface area contributed by atoms with Crippen LogP contribution in [-0.4, -0.2) is 29.9 Å². The molecule has 134 valence electrons. The van der Waals surface area contributed by atoms with E-state index in [1.54, 1.807) is 26.3 Å². The molecule has 1 aromatic heterocycles. The average molecular weight is 419 g/mol. The standard InChI is InChI=1S/C19H16BrFN2O3/c1-23(11-12-3-8-16(25-2)15(20)9-12)19(24)17-10-22-18(26-17)13-4-6-14(21)7-5-13/h3-10H,11H2,1-2H3. The van der Waals surface area contributed by atoms with Gasteiger partial charge in [-0.25, -0.2) is 9.37 Å². The normalized spacial score (nSPS) is 10.6. The molecule has 3 aromatic rings. The second kappa shape index (κ2) is 7.70. The summed E-state index contributed by atoms with van der Waals surface area (Å²) in [6.07, 6.45) is 1.38. The maximum atomic E-state index is 13.0. The molecule has 2 aromatic carbocycles. The van der Waals surface area contributed by atoms with Crippen LogP contribution in [-0.2, 0) is 6.54 Å². The van der Waals surface area contributed by atoms with Crippen LogP contribution in [0.3, 0.4) is 0 Å². The summed E-state index contributed by atoms with van der Waals surface area (Å²) in [6.45, 7) is 0.397. The lowest BCUT2D eigenvalue weighted by molar-refractivity contribution is 0.0754. The number of nitrogens with zero attached hydrogens (tertiary/aromatic N) is 2. The zero-order valence-corrected chi connectivity index (χ0v) is 15.8. The van der Waals surface area contributed by atoms with Gasteiger partial charge in [0.05, 0.1) is 17.8 Å². The topological polar surface area (TPSA) is 55.6 Å². The van der Waals surface area contributed by atoms with Gasteiger partial charge < -0.3 is 14.1 Å². The molecule has 0 aliphatic carbocycles. The van der Waals surface area contributed by atoms with E-state index in [1.165, 1.54) is 23.2 Å². The van der Waals surface area contributed by atoms with Crippen molar-refractivity contribution >= 4 is 21.8 Å². The Morgan fingerprint density at radius 2 is 2.00 bits per heavy atom. The molecule has 26 heavy (non-hydrogen) atoms. The van der Waals surface area contributed by atoms with E-state index in [-0.39, 0.29) is 23.4 Å². The van der Waals surface area contributed by atoms with Crippen molar-refractivity contribution in [3.63, 3.8) is 0 Å². The largest absolute Gasteiger partial charge is 0.496 e. The summed E-state index contributed by atoms with van der Waals surface area (Å²) in [7, 11) is 3.28. The van der Waals surface area contributed by atoms with Crippen LogP contribution < -0.4 is 4.74 Å². The average Bonchev–Trinajstić information content (AvgIpc) is 3.12. The Kier molecular flexibility index (Phi) is 5.37. The lowest BCUT2D eigenvalue weighted by Gasteiger charge is -2.16. The Morgan fingerprint density at radius 1 is 1.27 bits per heavy atom. The zero-order valence-electron chi connectivity index (χ0n) is 14.2. The highest BCUT2D eigenvalue weighted by molar-refractivity contribution is 9.10. The number of rotatable bonds is 5. The molecule has 0 radical (unpaired) electrons. The number of methoxy groups -OCH3 is 1. The Balaban J connectivity index is 1.72. The number of oxazole rings is 1. The summed E-state index contributed by atoms with van der Waals surface area (Å²) in [4.78, 5) is 18.2. The van der Waals surface area contributed by atoms with E-state index in [1.807, 2.05) is 18.2 Å². The minimum atomic E-state index is -0.345. The molecular formula is C19H16BrFN2O3. The highest BCUT2D eigenvalue weighted by Gasteiger charge is 2.18. The fourth-order valence-corrected chi connectivity index (χ4v) is 3.03. The number of hydrogen-bond acceptors (Lipinski definition) is 4. The number of benzene rings is 2. The second-order valence-electron chi connectivity index (χ2n) is 5.67. The van der Waals surface area contributed by atoms with E-state index in [0.717, 1.165) is 15.8 Å². The first-order valence-corrected chi connectivity index (χ1v) is 8.57. The van der Waals surface area contributed by atoms with Gasteiger partial charge in [-0.1, -0.05) is 6.07 Å². The SMILES string of the molecule is COc1ccc(CN(C)C(=O)c2cnc(-c3ccc(F)cc3)o2)cc1Br. The molecule has 0 spiro atoms. The van der Waals surface area contributed by atoms with Crippen molar-refractivity contribution in [1.29, 1.82) is 0 Å². The van der Waals surface area contributed by atoms with Crippen LogP contribution in [0.25, 0.3) is 11.5 Å². The van der Waals surface area contributed by atoms with E-state index in [4.69, 9.17) is 9.15 Å². The molecule has 1 heterocycles. The lowest BCUT2D eigenvalue weighted by Crippen LogP contribution is -2.25. The Labute approximate surface area is 158 Å². The second-order valence-corrected chi connectivity index (χ2v) is 6.52. The third-order valence-corrected chi connectivity index (χ3v) is 4.41. The molecule has 0 bridgehead atoms. The Hall–Kier alpha value is -2.67. The number of halogens is 2. The van der Waals surface area contributed by atoms with Crippen molar-refractivity contribution in [2.45, 2.75) is 6.54 Å². The van der Waals surface area contributed by atoms with Gasteiger partial charge in [-0.05, 0) is 57.9 Å². The number of ether oxygens (including phenoxy) is 1. The summed E-state index contributed by atoms with van der Waals surface area (Å²) in [6, 6.07) is 11.3. The van der Waals surface area contributed by atoms with Gasteiger partial charge in [0.2, 0.25) is 11.7 Å². The molecule has 7 heteroatoms. The number of carbonyl (C=O) groups excluding carboxylic acids is 1. The summed E-state index contributed by atoms with van der Waals surface area (Å²) in [5.74, 6) is 0.482. The summed E-state index contributed by atoms with van der Waals surface area (Å²) in [5, 5.41) is 0. The summed E-state index contributed by atoms with van der Waals surface area (Å²) in [5.41, 5.74) is 1.54. The van der Waals surface area contributed by atoms with Gasteiger partial charge in [-0.2, -0.15) is 0 Å². The van der Waals surface area contributed by atoms with E-state index < -0.39 is 0 Å². The zero-order chi connectivity index (χ0) is 18.7. The van der Waals surface area contributed by atoms with Crippen LogP contribution >= 0.6 is 15.9 Å². The predicted molar refractivity (Wildman–Crippen MR) is 98.4 cm³/mol. The van der Waals surface area contributed by atoms with E-state index in [2.05, 4.69) is 20.9 Å². The van der Waals surface area contributed by atoms with Crippen molar-refractivity contribution < 1.29 is 18.3 Å². The van der Waals surface area contributed by atoms with Crippen molar-refractivity contribution in [1.82, 2.24) is 9.88 Å². The van der Waals surface area contributed by atoms with E-state index in [9.17, 15) is 9.18 Å². The van der Waals surface area contributed by atoms with E-state index >= 15 is 0 Å². The molecule has 1 amide bonds. The first-order chi connectivity index (χ1) is 12.5. The molecule has 3 rings (SSSR count). The van der Waals surface area contributed by atoms with Gasteiger partial charge in [0.1, 0.15) is 11.6 Å². The van der Waals surface area contributed by atoms with Crippen molar-refractivity contribution in [2.75, 3.05) is 14.2 Å². The number of amides is 1. The summed E-state index contributed by atoms with van der Waals surface area (Å²) < 4.78 is 24.6. The molecule has 0 saturated carbocycles. The fourth-order valence-electron chi connectivity index (χ4n) is 2.44. The van der Waals surface area contributed by atoms with Crippen LogP contribution in [0.2, 0.25) is 0 Å². The molecule has 0 fully saturated rings. The van der Waals surface area contributed by atoms with Crippen LogP contribution in [0.5, 0.6) is 5.75 Å². The van der Waals surface area contributed by atoms with Crippen LogP contribution in [0.1, 0.15) is 16.1 Å². The monoisotopic (exact) mass is 418 g/mol. The number of carbonyl (C=O) groups is 1. The maximum Gasteiger partial charge on any atom is 0.291 e. The molecule has 0 aliphatic rings. The lowest BCUT2D eigenvalue weighted by atomic mass is 10.2. The van der Waals surface area contributed by atoms with Crippen molar-refractivity contribution in [3.8, 4) is 17.2 Å². The smallest absolute Gasteiger partial charge is 0.291 e. The highest BCUT2D eigenvalue weighted by atomic mass is 79.9. The highest BCUT2D eigenvalue weighted by Crippen LogP contribution is 2.26. The maximum absolute atomic E-state index is 13.0. The minimum Gasteiger partial charge on any atom is -0.496 e. The van der Waals surface area contributed by atoms with Gasteiger partial charge >= 0.3 is 0 Å². The molecule has 0 atom stereocenters. The Bertz CT molecular complexity index is 925. The predicted octanol–water partition coefficient (Wildman–Crippen LogP) is 4.52. The first-order valence-electron chi connectivity index (χ1n) is 7.77. The van der Waals surface area contributed by atoms with Gasteiger partial charge in [-0.15, -0.1) is 0 Å². The fraction of sp³-hybridized carbons (Fsp3) is 0.158. The minimum absolute atomic E-state index is 0.124. The number of aromatic nitrogens is 1. The first kappa shape index (κ1) is 18.1. The van der Waals surface area contributed by atoms with Crippen LogP contribution in [0, 0.1) is 5.82 Å². The molecular weight excluding hydrogens is 403 g/mol. The van der Waals surface area contributed by atoms with Crippen LogP contribution in [0.15, 0.2) is 57.6 Å².